The van der Waals surface area contributed by atoms with Crippen molar-refractivity contribution in [3.05, 3.63) is 0 Å². The smallest absolute Gasteiger partial charge is 0.326 e. The highest BCUT2D eigenvalue weighted by Crippen LogP contribution is 2.28. The summed E-state index contributed by atoms with van der Waals surface area (Å²) in [6, 6.07) is -1.83. The number of carbonyl (C=O) groups excluding carboxylic acids is 1. The van der Waals surface area contributed by atoms with E-state index in [0.29, 0.717) is 5.92 Å². The number of rotatable bonds is 6. The minimum absolute atomic E-state index is 0.0899. The van der Waals surface area contributed by atoms with Crippen molar-refractivity contribution >= 4 is 18.0 Å². The van der Waals surface area contributed by atoms with Crippen molar-refractivity contribution in [3.63, 3.8) is 0 Å². The molecule has 1 fully saturated rings. The van der Waals surface area contributed by atoms with Crippen LogP contribution in [0.1, 0.15) is 45.4 Å². The van der Waals surface area contributed by atoms with Gasteiger partial charge in [-0.25, -0.2) is 9.59 Å². The van der Waals surface area contributed by atoms with Gasteiger partial charge in [-0.2, -0.15) is 0 Å². The fourth-order valence-corrected chi connectivity index (χ4v) is 2.73. The summed E-state index contributed by atoms with van der Waals surface area (Å²) in [5.41, 5.74) is 0. The molecule has 0 bridgehead atoms. The number of nitrogens with zero attached hydrogens (tertiary/aromatic N) is 1. The van der Waals surface area contributed by atoms with Gasteiger partial charge < -0.3 is 20.4 Å². The predicted octanol–water partition coefficient (Wildman–Crippen LogP) is 1.52. The van der Waals surface area contributed by atoms with Crippen molar-refractivity contribution in [2.75, 3.05) is 7.05 Å². The lowest BCUT2D eigenvalue weighted by Gasteiger charge is -2.34. The third-order valence-corrected chi connectivity index (χ3v) is 4.24. The quantitative estimate of drug-likeness (QED) is 0.689. The summed E-state index contributed by atoms with van der Waals surface area (Å²) in [5.74, 6) is -1.89. The summed E-state index contributed by atoms with van der Waals surface area (Å²) in [5, 5.41) is 19.9. The van der Waals surface area contributed by atoms with Gasteiger partial charge in [0.1, 0.15) is 6.04 Å². The van der Waals surface area contributed by atoms with Gasteiger partial charge in [0.25, 0.3) is 0 Å². The van der Waals surface area contributed by atoms with Crippen LogP contribution in [0.2, 0.25) is 0 Å². The van der Waals surface area contributed by atoms with E-state index in [1.54, 1.807) is 7.05 Å². The molecule has 1 aliphatic carbocycles. The number of carboxylic acid groups (broad SMARTS) is 2. The van der Waals surface area contributed by atoms with Crippen LogP contribution in [0.5, 0.6) is 0 Å². The van der Waals surface area contributed by atoms with Crippen molar-refractivity contribution in [1.82, 2.24) is 10.2 Å². The Morgan fingerprint density at radius 3 is 2.19 bits per heavy atom. The third kappa shape index (κ3) is 5.24. The highest BCUT2D eigenvalue weighted by Gasteiger charge is 2.29. The molecule has 0 heterocycles. The maximum absolute atomic E-state index is 12.0. The summed E-state index contributed by atoms with van der Waals surface area (Å²) in [4.78, 5) is 35.1. The summed E-state index contributed by atoms with van der Waals surface area (Å²) in [6.45, 7) is 2.16. The summed E-state index contributed by atoms with van der Waals surface area (Å²) in [7, 11) is 1.63. The predicted molar refractivity (Wildman–Crippen MR) is 76.0 cm³/mol. The van der Waals surface area contributed by atoms with E-state index in [1.165, 1.54) is 4.90 Å². The third-order valence-electron chi connectivity index (χ3n) is 4.24. The molecule has 0 aromatic heterocycles. The molecule has 0 saturated heterocycles. The summed E-state index contributed by atoms with van der Waals surface area (Å²) >= 11 is 0. The Morgan fingerprint density at radius 1 is 1.19 bits per heavy atom. The number of nitrogens with one attached hydrogen (secondary N) is 1. The first-order valence-corrected chi connectivity index (χ1v) is 7.33. The zero-order valence-electron chi connectivity index (χ0n) is 12.5. The monoisotopic (exact) mass is 300 g/mol. The minimum Gasteiger partial charge on any atom is -0.481 e. The molecular formula is C14H24N2O5. The largest absolute Gasteiger partial charge is 0.481 e. The van der Waals surface area contributed by atoms with Crippen LogP contribution < -0.4 is 5.32 Å². The van der Waals surface area contributed by atoms with E-state index in [-0.39, 0.29) is 6.04 Å². The van der Waals surface area contributed by atoms with Crippen molar-refractivity contribution in [2.45, 2.75) is 57.5 Å². The molecule has 3 N–H and O–H groups in total. The van der Waals surface area contributed by atoms with Crippen molar-refractivity contribution in [1.29, 1.82) is 0 Å². The SMILES string of the molecule is CCC1CCC(N(C)C(=O)N[C@@H](CC(=O)O)C(=O)O)CC1. The Balaban J connectivity index is 2.53. The van der Waals surface area contributed by atoms with Crippen LogP contribution in [-0.4, -0.2) is 52.2 Å². The summed E-state index contributed by atoms with van der Waals surface area (Å²) in [6.07, 6.45) is 4.45. The van der Waals surface area contributed by atoms with Crippen molar-refractivity contribution in [3.8, 4) is 0 Å². The van der Waals surface area contributed by atoms with E-state index in [0.717, 1.165) is 32.1 Å². The molecule has 7 heteroatoms. The van der Waals surface area contributed by atoms with E-state index in [9.17, 15) is 14.4 Å². The van der Waals surface area contributed by atoms with Crippen molar-refractivity contribution < 1.29 is 24.6 Å². The molecule has 2 amide bonds. The van der Waals surface area contributed by atoms with Crippen LogP contribution in [-0.2, 0) is 9.59 Å². The molecule has 1 aliphatic rings. The lowest BCUT2D eigenvalue weighted by molar-refractivity contribution is -0.145. The Kier molecular flexibility index (Phi) is 6.45. The fourth-order valence-electron chi connectivity index (χ4n) is 2.73. The van der Waals surface area contributed by atoms with E-state index in [1.807, 2.05) is 0 Å². The number of amides is 2. The molecule has 0 unspecified atom stereocenters. The molecule has 0 aromatic rings. The summed E-state index contributed by atoms with van der Waals surface area (Å²) < 4.78 is 0. The van der Waals surface area contributed by atoms with Crippen LogP contribution in [0.4, 0.5) is 4.79 Å². The Hall–Kier alpha value is -1.79. The van der Waals surface area contributed by atoms with E-state index in [4.69, 9.17) is 10.2 Å². The average molecular weight is 300 g/mol. The zero-order valence-corrected chi connectivity index (χ0v) is 12.5. The molecule has 1 rings (SSSR count). The molecule has 7 nitrogen and oxygen atoms in total. The standard InChI is InChI=1S/C14H24N2O5/c1-3-9-4-6-10(7-5-9)16(2)14(21)15-11(13(19)20)8-12(17)18/h9-11H,3-8H2,1-2H3,(H,15,21)(H,17,18)(H,19,20)/t9?,10?,11-/m0/s1. The lowest BCUT2D eigenvalue weighted by Crippen LogP contribution is -2.51. The highest BCUT2D eigenvalue weighted by atomic mass is 16.4. The van der Waals surface area contributed by atoms with E-state index < -0.39 is 30.4 Å². The van der Waals surface area contributed by atoms with Crippen LogP contribution in [0.15, 0.2) is 0 Å². The van der Waals surface area contributed by atoms with Crippen LogP contribution >= 0.6 is 0 Å². The second kappa shape index (κ2) is 7.85. The molecule has 0 spiro atoms. The first-order chi connectivity index (χ1) is 9.85. The maximum Gasteiger partial charge on any atom is 0.326 e. The first kappa shape index (κ1) is 17.3. The van der Waals surface area contributed by atoms with E-state index in [2.05, 4.69) is 12.2 Å². The van der Waals surface area contributed by atoms with Gasteiger partial charge in [0, 0.05) is 13.1 Å². The maximum atomic E-state index is 12.0. The number of aliphatic carboxylic acids is 2. The Morgan fingerprint density at radius 2 is 1.76 bits per heavy atom. The molecule has 0 radical (unpaired) electrons. The van der Waals surface area contributed by atoms with Gasteiger partial charge in [-0.05, 0) is 31.6 Å². The Labute approximate surface area is 124 Å². The van der Waals surface area contributed by atoms with Gasteiger partial charge in [-0.1, -0.05) is 13.3 Å². The number of urea groups is 1. The molecule has 0 aliphatic heterocycles. The molecule has 120 valence electrons. The van der Waals surface area contributed by atoms with Gasteiger partial charge in [0.15, 0.2) is 0 Å². The number of carboxylic acids is 2. The minimum atomic E-state index is -1.40. The normalized spacial score (nSPS) is 23.1. The highest BCUT2D eigenvalue weighted by molar-refractivity contribution is 5.86. The lowest BCUT2D eigenvalue weighted by atomic mass is 9.84. The topological polar surface area (TPSA) is 107 Å². The van der Waals surface area contributed by atoms with Gasteiger partial charge in [0.05, 0.1) is 6.42 Å². The Bertz CT molecular complexity index is 391. The van der Waals surface area contributed by atoms with Gasteiger partial charge in [-0.15, -0.1) is 0 Å². The number of hydrogen-bond donors (Lipinski definition) is 3. The second-order valence-corrected chi connectivity index (χ2v) is 5.63. The number of hydrogen-bond acceptors (Lipinski definition) is 3. The molecular weight excluding hydrogens is 276 g/mol. The zero-order chi connectivity index (χ0) is 16.0. The van der Waals surface area contributed by atoms with Crippen LogP contribution in [0, 0.1) is 5.92 Å². The van der Waals surface area contributed by atoms with Gasteiger partial charge in [-0.3, -0.25) is 4.79 Å². The van der Waals surface area contributed by atoms with E-state index >= 15 is 0 Å². The second-order valence-electron chi connectivity index (χ2n) is 5.63. The molecule has 1 atom stereocenters. The van der Waals surface area contributed by atoms with Crippen LogP contribution in [0.3, 0.4) is 0 Å². The average Bonchev–Trinajstić information content (AvgIpc) is 2.45. The molecule has 0 aromatic carbocycles. The van der Waals surface area contributed by atoms with Crippen molar-refractivity contribution in [2.24, 2.45) is 5.92 Å². The number of carbonyl (C=O) groups is 3. The molecule has 21 heavy (non-hydrogen) atoms. The van der Waals surface area contributed by atoms with Crippen LogP contribution in [0.25, 0.3) is 0 Å². The van der Waals surface area contributed by atoms with Gasteiger partial charge >= 0.3 is 18.0 Å². The molecule has 1 saturated carbocycles. The fraction of sp³-hybridized carbons (Fsp3) is 0.786. The first-order valence-electron chi connectivity index (χ1n) is 7.33. The van der Waals surface area contributed by atoms with Gasteiger partial charge in [0.2, 0.25) is 0 Å².